The van der Waals surface area contributed by atoms with Crippen molar-refractivity contribution < 1.29 is 14.6 Å². The normalized spacial score (nSPS) is 18.7. The zero-order valence-corrected chi connectivity index (χ0v) is 24.3. The maximum atomic E-state index is 12.5. The van der Waals surface area contributed by atoms with Crippen LogP contribution in [-0.2, 0) is 4.74 Å². The molecule has 1 unspecified atom stereocenters. The first kappa shape index (κ1) is 28.2. The van der Waals surface area contributed by atoms with Gasteiger partial charge in [0.15, 0.2) is 0 Å². The van der Waals surface area contributed by atoms with E-state index in [4.69, 9.17) is 4.74 Å². The number of carbonyl (C=O) groups excluding carboxylic acids is 1. The number of halogens is 1. The van der Waals surface area contributed by atoms with Crippen molar-refractivity contribution in [3.05, 3.63) is 89.5 Å². The largest absolute Gasteiger partial charge is 0.444 e. The number of ether oxygens (including phenoxy) is 1. The Balaban J connectivity index is 1.60. The summed E-state index contributed by atoms with van der Waals surface area (Å²) in [5.74, 6) is 0. The van der Waals surface area contributed by atoms with E-state index in [1.54, 1.807) is 4.90 Å². The molecule has 5 nitrogen and oxygen atoms in total. The van der Waals surface area contributed by atoms with Gasteiger partial charge in [0.25, 0.3) is 0 Å². The first-order valence-electron chi connectivity index (χ1n) is 13.5. The molecule has 38 heavy (non-hydrogen) atoms. The fourth-order valence-electron chi connectivity index (χ4n) is 4.92. The van der Waals surface area contributed by atoms with Gasteiger partial charge in [-0.05, 0) is 80.0 Å². The molecule has 0 saturated carbocycles. The van der Waals surface area contributed by atoms with Gasteiger partial charge in [-0.25, -0.2) is 4.79 Å². The zero-order valence-electron chi connectivity index (χ0n) is 22.7. The highest BCUT2D eigenvalue weighted by molar-refractivity contribution is 9.09. The van der Waals surface area contributed by atoms with Crippen molar-refractivity contribution in [1.29, 1.82) is 0 Å². The summed E-state index contributed by atoms with van der Waals surface area (Å²) < 4.78 is 5.55. The Morgan fingerprint density at radius 1 is 1.00 bits per heavy atom. The Hall–Kier alpha value is -2.83. The number of alkyl halides is 1. The second-order valence-corrected chi connectivity index (χ2v) is 12.0. The van der Waals surface area contributed by atoms with Crippen LogP contribution in [0, 0.1) is 0 Å². The van der Waals surface area contributed by atoms with Gasteiger partial charge in [0.1, 0.15) is 5.60 Å². The molecule has 1 saturated heterocycles. The van der Waals surface area contributed by atoms with E-state index >= 15 is 0 Å². The SMILES string of the molecule is CC(C)(C)OC(=O)N1CCN(c2ccc(/C(C3=CCC(Br)C=C3)=C(/CCCO)c3ccccc3)cc2)CC1. The lowest BCUT2D eigenvalue weighted by molar-refractivity contribution is 0.0240. The lowest BCUT2D eigenvalue weighted by atomic mass is 9.85. The first-order chi connectivity index (χ1) is 18.2. The lowest BCUT2D eigenvalue weighted by Gasteiger charge is -2.36. The van der Waals surface area contributed by atoms with Gasteiger partial charge in [0.2, 0.25) is 0 Å². The van der Waals surface area contributed by atoms with Gasteiger partial charge in [0.05, 0.1) is 0 Å². The molecular formula is C32H39BrN2O3. The van der Waals surface area contributed by atoms with Gasteiger partial charge in [-0.2, -0.15) is 0 Å². The van der Waals surface area contributed by atoms with Crippen LogP contribution >= 0.6 is 15.9 Å². The topological polar surface area (TPSA) is 53.0 Å². The van der Waals surface area contributed by atoms with Gasteiger partial charge in [-0.1, -0.05) is 76.6 Å². The number of aliphatic hydroxyl groups is 1. The molecule has 2 aromatic carbocycles. The minimum Gasteiger partial charge on any atom is -0.444 e. The Morgan fingerprint density at radius 2 is 1.68 bits per heavy atom. The standard InChI is InChI=1S/C32H39BrN2O3/c1-32(2,3)38-31(37)35-21-19-34(20-22-35)28-17-13-26(14-18-28)30(25-11-15-27(33)16-12-25)29(10-7-23-36)24-8-5-4-6-9-24/h4-6,8-9,11-15,17-18,27,36H,7,10,16,19-23H2,1-3H3/b30-29-. The molecule has 1 amide bonds. The number of hydrogen-bond donors (Lipinski definition) is 1. The molecule has 1 heterocycles. The van der Waals surface area contributed by atoms with E-state index in [1.165, 1.54) is 27.8 Å². The zero-order chi connectivity index (χ0) is 27.1. The number of rotatable bonds is 7. The summed E-state index contributed by atoms with van der Waals surface area (Å²) in [4.78, 5) is 16.9. The van der Waals surface area contributed by atoms with Crippen molar-refractivity contribution in [3.8, 4) is 0 Å². The molecule has 1 fully saturated rings. The maximum absolute atomic E-state index is 12.5. The molecule has 1 aliphatic heterocycles. The van der Waals surface area contributed by atoms with E-state index in [2.05, 4.69) is 87.6 Å². The third-order valence-electron chi connectivity index (χ3n) is 6.80. The fourth-order valence-corrected chi connectivity index (χ4v) is 5.26. The number of anilines is 1. The van der Waals surface area contributed by atoms with Crippen molar-refractivity contribution in [2.24, 2.45) is 0 Å². The fraction of sp³-hybridized carbons (Fsp3) is 0.406. The molecule has 202 valence electrons. The molecule has 2 aliphatic rings. The minimum absolute atomic E-state index is 0.163. The highest BCUT2D eigenvalue weighted by atomic mass is 79.9. The van der Waals surface area contributed by atoms with Crippen LogP contribution in [0.25, 0.3) is 11.1 Å². The third kappa shape index (κ3) is 7.39. The van der Waals surface area contributed by atoms with Gasteiger partial charge in [-0.15, -0.1) is 0 Å². The summed E-state index contributed by atoms with van der Waals surface area (Å²) in [7, 11) is 0. The highest BCUT2D eigenvalue weighted by Crippen LogP contribution is 2.38. The number of nitrogens with zero attached hydrogens (tertiary/aromatic N) is 2. The summed E-state index contributed by atoms with van der Waals surface area (Å²) in [6, 6.07) is 19.3. The maximum Gasteiger partial charge on any atom is 0.410 e. The van der Waals surface area contributed by atoms with Crippen LogP contribution < -0.4 is 4.90 Å². The average molecular weight is 580 g/mol. The van der Waals surface area contributed by atoms with Crippen LogP contribution in [0.15, 0.2) is 78.4 Å². The molecule has 0 radical (unpaired) electrons. The molecule has 1 aliphatic carbocycles. The van der Waals surface area contributed by atoms with Crippen LogP contribution in [0.3, 0.4) is 0 Å². The highest BCUT2D eigenvalue weighted by Gasteiger charge is 2.26. The summed E-state index contributed by atoms with van der Waals surface area (Å²) in [6.45, 7) is 8.69. The first-order valence-corrected chi connectivity index (χ1v) is 14.4. The second-order valence-electron chi connectivity index (χ2n) is 10.8. The van der Waals surface area contributed by atoms with Crippen molar-refractivity contribution in [2.75, 3.05) is 37.7 Å². The smallest absolute Gasteiger partial charge is 0.410 e. The van der Waals surface area contributed by atoms with Crippen LogP contribution in [0.1, 0.15) is 51.2 Å². The monoisotopic (exact) mass is 578 g/mol. The molecule has 1 atom stereocenters. The number of hydrogen-bond acceptors (Lipinski definition) is 4. The van der Waals surface area contributed by atoms with Crippen molar-refractivity contribution >= 4 is 38.9 Å². The quantitative estimate of drug-likeness (QED) is 0.282. The van der Waals surface area contributed by atoms with E-state index < -0.39 is 5.60 Å². The Bertz CT molecular complexity index is 1170. The Labute approximate surface area is 235 Å². The molecule has 0 aromatic heterocycles. The predicted octanol–water partition coefficient (Wildman–Crippen LogP) is 7.08. The number of amides is 1. The van der Waals surface area contributed by atoms with Crippen LogP contribution in [0.2, 0.25) is 0 Å². The lowest BCUT2D eigenvalue weighted by Crippen LogP contribution is -2.50. The number of aliphatic hydroxyl groups excluding tert-OH is 1. The van der Waals surface area contributed by atoms with E-state index in [0.717, 1.165) is 31.6 Å². The molecule has 2 aromatic rings. The molecule has 6 heteroatoms. The van der Waals surface area contributed by atoms with Crippen molar-refractivity contribution in [2.45, 2.75) is 50.5 Å². The van der Waals surface area contributed by atoms with Crippen LogP contribution in [-0.4, -0.2) is 59.3 Å². The molecule has 1 N–H and O–H groups in total. The number of benzene rings is 2. The van der Waals surface area contributed by atoms with Crippen LogP contribution in [0.4, 0.5) is 10.5 Å². The van der Waals surface area contributed by atoms with Crippen molar-refractivity contribution in [1.82, 2.24) is 4.90 Å². The average Bonchev–Trinajstić information content (AvgIpc) is 2.92. The van der Waals surface area contributed by atoms with Crippen molar-refractivity contribution in [3.63, 3.8) is 0 Å². The number of carbonyl (C=O) groups is 1. The number of allylic oxidation sites excluding steroid dienone is 6. The van der Waals surface area contributed by atoms with Gasteiger partial charge < -0.3 is 19.6 Å². The van der Waals surface area contributed by atoms with Gasteiger partial charge in [0, 0.05) is 43.3 Å². The summed E-state index contributed by atoms with van der Waals surface area (Å²) in [5.41, 5.74) is 6.72. The van der Waals surface area contributed by atoms with E-state index in [1.807, 2.05) is 26.8 Å². The molecular weight excluding hydrogens is 540 g/mol. The van der Waals surface area contributed by atoms with Gasteiger partial charge in [-0.3, -0.25) is 0 Å². The summed E-state index contributed by atoms with van der Waals surface area (Å²) in [6.07, 6.45) is 8.95. The Kier molecular flexibility index (Phi) is 9.50. The van der Waals surface area contributed by atoms with E-state index in [0.29, 0.717) is 24.3 Å². The summed E-state index contributed by atoms with van der Waals surface area (Å²) in [5, 5.41) is 9.65. The second kappa shape index (κ2) is 12.8. The third-order valence-corrected chi connectivity index (χ3v) is 7.48. The molecule has 4 rings (SSSR count). The minimum atomic E-state index is -0.483. The molecule has 0 spiro atoms. The van der Waals surface area contributed by atoms with E-state index in [-0.39, 0.29) is 12.7 Å². The van der Waals surface area contributed by atoms with E-state index in [9.17, 15) is 9.90 Å². The molecule has 0 bridgehead atoms. The predicted molar refractivity (Wildman–Crippen MR) is 161 cm³/mol. The van der Waals surface area contributed by atoms with Gasteiger partial charge >= 0.3 is 6.09 Å². The van der Waals surface area contributed by atoms with Crippen LogP contribution in [0.5, 0.6) is 0 Å². The summed E-state index contributed by atoms with van der Waals surface area (Å²) >= 11 is 3.71. The number of piperazine rings is 1. The Morgan fingerprint density at radius 3 is 2.26 bits per heavy atom.